The lowest BCUT2D eigenvalue weighted by Gasteiger charge is -2.35. The van der Waals surface area contributed by atoms with E-state index in [1.807, 2.05) is 17.8 Å². The van der Waals surface area contributed by atoms with Crippen LogP contribution in [0.15, 0.2) is 18.2 Å². The zero-order valence-corrected chi connectivity index (χ0v) is 17.5. The van der Waals surface area contributed by atoms with Crippen molar-refractivity contribution < 1.29 is 9.47 Å². The summed E-state index contributed by atoms with van der Waals surface area (Å²) >= 11 is 1.97. The van der Waals surface area contributed by atoms with Crippen molar-refractivity contribution in [3.63, 3.8) is 0 Å². The molecule has 8 heteroatoms. The van der Waals surface area contributed by atoms with Gasteiger partial charge < -0.3 is 20.1 Å². The molecule has 2 aromatic heterocycles. The van der Waals surface area contributed by atoms with Crippen LogP contribution in [0, 0.1) is 0 Å². The molecule has 2 aliphatic heterocycles. The fourth-order valence-electron chi connectivity index (χ4n) is 3.79. The number of ether oxygens (including phenoxy) is 2. The lowest BCUT2D eigenvalue weighted by atomic mass is 10.0. The molecule has 28 heavy (non-hydrogen) atoms. The zero-order valence-electron chi connectivity index (χ0n) is 16.6. The van der Waals surface area contributed by atoms with Crippen LogP contribution in [0.5, 0.6) is 5.88 Å². The molecule has 2 aliphatic rings. The lowest BCUT2D eigenvalue weighted by molar-refractivity contribution is 0.0985. The molecule has 2 fully saturated rings. The summed E-state index contributed by atoms with van der Waals surface area (Å²) in [5, 5.41) is 0. The monoisotopic (exact) mass is 401 g/mol. The summed E-state index contributed by atoms with van der Waals surface area (Å²) in [7, 11) is 1.58. The number of rotatable bonds is 4. The van der Waals surface area contributed by atoms with Crippen molar-refractivity contribution in [2.45, 2.75) is 37.5 Å². The minimum Gasteiger partial charge on any atom is -0.481 e. The van der Waals surface area contributed by atoms with E-state index >= 15 is 0 Å². The third kappa shape index (κ3) is 3.75. The van der Waals surface area contributed by atoms with Crippen molar-refractivity contribution >= 4 is 23.4 Å². The normalized spacial score (nSPS) is 25.1. The van der Waals surface area contributed by atoms with E-state index in [2.05, 4.69) is 29.8 Å². The summed E-state index contributed by atoms with van der Waals surface area (Å²) in [6, 6.07) is 6.07. The van der Waals surface area contributed by atoms with Crippen LogP contribution in [-0.2, 0) is 9.48 Å². The van der Waals surface area contributed by atoms with Crippen molar-refractivity contribution in [2.75, 3.05) is 43.3 Å². The second kappa shape index (κ2) is 7.75. The van der Waals surface area contributed by atoms with Gasteiger partial charge in [-0.05, 0) is 38.5 Å². The van der Waals surface area contributed by atoms with Gasteiger partial charge in [0, 0.05) is 24.2 Å². The van der Waals surface area contributed by atoms with Crippen molar-refractivity contribution in [1.82, 2.24) is 15.0 Å². The highest BCUT2D eigenvalue weighted by Gasteiger charge is 2.34. The summed E-state index contributed by atoms with van der Waals surface area (Å²) in [5.41, 5.74) is 7.88. The average molecular weight is 402 g/mol. The predicted molar refractivity (Wildman–Crippen MR) is 113 cm³/mol. The smallest absolute Gasteiger partial charge is 0.215 e. The summed E-state index contributed by atoms with van der Waals surface area (Å²) < 4.78 is 10.9. The van der Waals surface area contributed by atoms with Crippen LogP contribution in [-0.4, -0.2) is 53.6 Å². The first-order valence-corrected chi connectivity index (χ1v) is 10.7. The van der Waals surface area contributed by atoms with Gasteiger partial charge >= 0.3 is 0 Å². The molecule has 0 saturated carbocycles. The SMILES string of the molecule is COc1cc(-c2nc(N3CCOCC3C)cc(C3(C)CCCS3)n2)cc(N)n1. The Labute approximate surface area is 170 Å². The van der Waals surface area contributed by atoms with E-state index in [-0.39, 0.29) is 10.8 Å². The van der Waals surface area contributed by atoms with Gasteiger partial charge in [0.15, 0.2) is 5.82 Å². The molecule has 0 bridgehead atoms. The van der Waals surface area contributed by atoms with Crippen LogP contribution in [0.1, 0.15) is 32.4 Å². The predicted octanol–water partition coefficient (Wildman–Crippen LogP) is 3.10. The molecular weight excluding hydrogens is 374 g/mol. The van der Waals surface area contributed by atoms with Crippen molar-refractivity contribution in [1.29, 1.82) is 0 Å². The number of hydrogen-bond acceptors (Lipinski definition) is 8. The van der Waals surface area contributed by atoms with Crippen LogP contribution in [0.3, 0.4) is 0 Å². The van der Waals surface area contributed by atoms with Crippen molar-refractivity contribution in [3.8, 4) is 17.3 Å². The Hall–Kier alpha value is -2.06. The number of thioether (sulfide) groups is 1. The van der Waals surface area contributed by atoms with E-state index in [1.54, 1.807) is 13.2 Å². The zero-order chi connectivity index (χ0) is 19.7. The second-order valence-electron chi connectivity index (χ2n) is 7.56. The summed E-state index contributed by atoms with van der Waals surface area (Å²) in [6.07, 6.45) is 2.33. The summed E-state index contributed by atoms with van der Waals surface area (Å²) in [6.45, 7) is 6.69. The third-order valence-electron chi connectivity index (χ3n) is 5.42. The van der Waals surface area contributed by atoms with Crippen molar-refractivity contribution in [3.05, 3.63) is 23.9 Å². The number of nitrogens with zero attached hydrogens (tertiary/aromatic N) is 4. The van der Waals surface area contributed by atoms with Crippen LogP contribution < -0.4 is 15.4 Å². The van der Waals surface area contributed by atoms with Gasteiger partial charge in [0.25, 0.3) is 0 Å². The quantitative estimate of drug-likeness (QED) is 0.836. The Bertz CT molecular complexity index is 856. The molecule has 7 nitrogen and oxygen atoms in total. The number of nitrogens with two attached hydrogens (primary N) is 1. The van der Waals surface area contributed by atoms with E-state index in [4.69, 9.17) is 25.2 Å². The van der Waals surface area contributed by atoms with Gasteiger partial charge in [0.2, 0.25) is 5.88 Å². The fraction of sp³-hybridized carbons (Fsp3) is 0.550. The Morgan fingerprint density at radius 2 is 2.14 bits per heavy atom. The summed E-state index contributed by atoms with van der Waals surface area (Å²) in [4.78, 5) is 16.4. The lowest BCUT2D eigenvalue weighted by Crippen LogP contribution is -2.44. The van der Waals surface area contributed by atoms with E-state index in [0.29, 0.717) is 30.7 Å². The Balaban J connectivity index is 1.83. The highest BCUT2D eigenvalue weighted by molar-refractivity contribution is 8.00. The molecule has 2 N–H and O–H groups in total. The van der Waals surface area contributed by atoms with E-state index in [9.17, 15) is 0 Å². The molecule has 2 atom stereocenters. The van der Waals surface area contributed by atoms with Crippen LogP contribution in [0.25, 0.3) is 11.4 Å². The third-order valence-corrected chi connectivity index (χ3v) is 6.97. The largest absolute Gasteiger partial charge is 0.481 e. The minimum atomic E-state index is 0.00459. The van der Waals surface area contributed by atoms with Gasteiger partial charge in [0.05, 0.1) is 36.8 Å². The molecule has 0 aromatic carbocycles. The van der Waals surface area contributed by atoms with E-state index in [1.165, 1.54) is 6.42 Å². The minimum absolute atomic E-state index is 0.00459. The Morgan fingerprint density at radius 3 is 2.86 bits per heavy atom. The highest BCUT2D eigenvalue weighted by Crippen LogP contribution is 2.46. The fourth-order valence-corrected chi connectivity index (χ4v) is 5.07. The molecule has 2 aromatic rings. The number of hydrogen-bond donors (Lipinski definition) is 1. The first kappa shape index (κ1) is 19.3. The molecule has 2 saturated heterocycles. The first-order valence-electron chi connectivity index (χ1n) is 9.68. The number of methoxy groups -OCH3 is 1. The molecule has 0 aliphatic carbocycles. The van der Waals surface area contributed by atoms with Crippen molar-refractivity contribution in [2.24, 2.45) is 0 Å². The maximum atomic E-state index is 5.98. The van der Waals surface area contributed by atoms with Crippen LogP contribution >= 0.6 is 11.8 Å². The molecule has 4 heterocycles. The highest BCUT2D eigenvalue weighted by atomic mass is 32.2. The van der Waals surface area contributed by atoms with E-state index in [0.717, 1.165) is 35.8 Å². The Kier molecular flexibility index (Phi) is 5.33. The van der Waals surface area contributed by atoms with Gasteiger partial charge in [-0.3, -0.25) is 0 Å². The first-order chi connectivity index (χ1) is 13.5. The molecule has 0 spiro atoms. The van der Waals surface area contributed by atoms with Gasteiger partial charge in [-0.15, -0.1) is 11.8 Å². The number of pyridine rings is 1. The molecule has 150 valence electrons. The molecular formula is C20H27N5O2S. The van der Waals surface area contributed by atoms with Gasteiger partial charge in [-0.25, -0.2) is 9.97 Å². The standard InChI is InChI=1S/C20H27N5O2S/c1-13-12-27-7-6-25(13)17-11-15(20(2)5-4-8-28-20)22-19(24-17)14-9-16(21)23-18(10-14)26-3/h9-11,13H,4-8,12H2,1-3H3,(H2,21,23). The molecule has 2 unspecified atom stereocenters. The summed E-state index contributed by atoms with van der Waals surface area (Å²) in [5.74, 6) is 3.62. The topological polar surface area (TPSA) is 86.4 Å². The van der Waals surface area contributed by atoms with Gasteiger partial charge in [-0.1, -0.05) is 0 Å². The number of anilines is 2. The maximum absolute atomic E-state index is 5.98. The second-order valence-corrected chi connectivity index (χ2v) is 9.16. The molecule has 0 amide bonds. The maximum Gasteiger partial charge on any atom is 0.215 e. The van der Waals surface area contributed by atoms with E-state index < -0.39 is 0 Å². The number of nitrogen functional groups attached to an aromatic ring is 1. The van der Waals surface area contributed by atoms with Crippen LogP contribution in [0.4, 0.5) is 11.6 Å². The van der Waals surface area contributed by atoms with Crippen LogP contribution in [0.2, 0.25) is 0 Å². The molecule has 0 radical (unpaired) electrons. The molecule has 4 rings (SSSR count). The average Bonchev–Trinajstić information content (AvgIpc) is 3.15. The Morgan fingerprint density at radius 1 is 1.29 bits per heavy atom. The van der Waals surface area contributed by atoms with Gasteiger partial charge in [-0.2, -0.15) is 4.98 Å². The van der Waals surface area contributed by atoms with Gasteiger partial charge in [0.1, 0.15) is 11.6 Å². The number of aromatic nitrogens is 3. The number of morpholine rings is 1.